The van der Waals surface area contributed by atoms with E-state index >= 15 is 0 Å². The highest BCUT2D eigenvalue weighted by Gasteiger charge is 2.17. The number of hydrogen-bond acceptors (Lipinski definition) is 6. The van der Waals surface area contributed by atoms with E-state index in [9.17, 15) is 13.0 Å². The molecule has 2 rings (SSSR count). The number of aromatic nitrogens is 1. The zero-order valence-corrected chi connectivity index (χ0v) is 14.6. The third-order valence-electron chi connectivity index (χ3n) is 3.65. The van der Waals surface area contributed by atoms with Crippen molar-refractivity contribution in [1.82, 2.24) is 9.88 Å². The maximum absolute atomic E-state index is 11.7. The van der Waals surface area contributed by atoms with Crippen molar-refractivity contribution in [3.05, 3.63) is 36.0 Å². The zero-order chi connectivity index (χ0) is 17.6. The minimum atomic E-state index is -4.33. The maximum Gasteiger partial charge on any atom is 0.295 e. The summed E-state index contributed by atoms with van der Waals surface area (Å²) >= 11 is 0. The van der Waals surface area contributed by atoms with Crippen LogP contribution in [0.5, 0.6) is 0 Å². The van der Waals surface area contributed by atoms with Crippen molar-refractivity contribution in [3.63, 3.8) is 0 Å². The molecular weight excluding hydrogens is 332 g/mol. The van der Waals surface area contributed by atoms with Gasteiger partial charge in [-0.2, -0.15) is 8.42 Å². The summed E-state index contributed by atoms with van der Waals surface area (Å²) in [6.07, 6.45) is 1.59. The summed E-state index contributed by atoms with van der Waals surface area (Å²) in [5.74, 6) is 0. The van der Waals surface area contributed by atoms with Crippen molar-refractivity contribution in [3.8, 4) is 0 Å². The van der Waals surface area contributed by atoms with E-state index in [1.165, 1.54) is 6.07 Å². The molecule has 1 N–H and O–H groups in total. The maximum atomic E-state index is 11.7. The van der Waals surface area contributed by atoms with Gasteiger partial charge in [-0.25, -0.2) is 0 Å². The fourth-order valence-corrected chi connectivity index (χ4v) is 3.23. The molecule has 0 atom stereocenters. The van der Waals surface area contributed by atoms with Gasteiger partial charge in [0, 0.05) is 45.4 Å². The minimum absolute atomic E-state index is 0.124. The summed E-state index contributed by atoms with van der Waals surface area (Å²) in [5, 5.41) is 0.407. The Morgan fingerprint density at radius 1 is 1.17 bits per heavy atom. The molecule has 0 saturated heterocycles. The highest BCUT2D eigenvalue weighted by molar-refractivity contribution is 7.86. The predicted octanol–water partition coefficient (Wildman–Crippen LogP) is 1.58. The van der Waals surface area contributed by atoms with Gasteiger partial charge in [-0.15, -0.1) is 0 Å². The van der Waals surface area contributed by atoms with Crippen LogP contribution in [0.15, 0.2) is 35.4 Å². The quantitative estimate of drug-likeness (QED) is 0.684. The molecule has 8 heteroatoms. The van der Waals surface area contributed by atoms with Crippen molar-refractivity contribution in [2.75, 3.05) is 40.5 Å². The first kappa shape index (κ1) is 18.8. The molecule has 7 nitrogen and oxygen atoms in total. The van der Waals surface area contributed by atoms with Crippen LogP contribution < -0.4 is 0 Å². The fourth-order valence-electron chi connectivity index (χ4n) is 2.48. The second-order valence-electron chi connectivity index (χ2n) is 5.40. The first-order chi connectivity index (χ1) is 11.5. The molecule has 1 heterocycles. The van der Waals surface area contributed by atoms with E-state index in [-0.39, 0.29) is 4.90 Å². The van der Waals surface area contributed by atoms with Gasteiger partial charge in [0.15, 0.2) is 0 Å². The molecule has 24 heavy (non-hydrogen) atoms. The van der Waals surface area contributed by atoms with E-state index in [1.807, 2.05) is 6.07 Å². The van der Waals surface area contributed by atoms with Gasteiger partial charge in [0.1, 0.15) is 4.90 Å². The number of benzene rings is 1. The average Bonchev–Trinajstić information content (AvgIpc) is 2.55. The van der Waals surface area contributed by atoms with Crippen molar-refractivity contribution in [2.45, 2.75) is 11.4 Å². The normalized spacial score (nSPS) is 12.2. The number of nitrogens with zero attached hydrogens (tertiary/aromatic N) is 2. The van der Waals surface area contributed by atoms with Crippen LogP contribution in [-0.4, -0.2) is 63.4 Å². The smallest absolute Gasteiger partial charge is 0.295 e. The van der Waals surface area contributed by atoms with E-state index in [2.05, 4.69) is 9.88 Å². The van der Waals surface area contributed by atoms with Crippen LogP contribution >= 0.6 is 0 Å². The number of rotatable bonds is 9. The van der Waals surface area contributed by atoms with Gasteiger partial charge in [0.25, 0.3) is 10.1 Å². The number of fused-ring (bicyclic) bond motifs is 1. The molecule has 0 spiro atoms. The highest BCUT2D eigenvalue weighted by atomic mass is 32.2. The summed E-state index contributed by atoms with van der Waals surface area (Å²) in [6, 6.07) is 6.59. The van der Waals surface area contributed by atoms with E-state index in [1.54, 1.807) is 32.5 Å². The van der Waals surface area contributed by atoms with Crippen molar-refractivity contribution in [1.29, 1.82) is 0 Å². The summed E-state index contributed by atoms with van der Waals surface area (Å²) < 4.78 is 43.1. The lowest BCUT2D eigenvalue weighted by Crippen LogP contribution is -2.30. The van der Waals surface area contributed by atoms with Crippen molar-refractivity contribution in [2.24, 2.45) is 0 Å². The predicted molar refractivity (Wildman–Crippen MR) is 90.6 cm³/mol. The van der Waals surface area contributed by atoms with Crippen molar-refractivity contribution < 1.29 is 22.4 Å². The van der Waals surface area contributed by atoms with Gasteiger partial charge in [-0.05, 0) is 29.8 Å². The third kappa shape index (κ3) is 4.96. The van der Waals surface area contributed by atoms with E-state index < -0.39 is 10.1 Å². The zero-order valence-electron chi connectivity index (χ0n) is 13.8. The highest BCUT2D eigenvalue weighted by Crippen LogP contribution is 2.24. The molecule has 0 fully saturated rings. The summed E-state index contributed by atoms with van der Waals surface area (Å²) in [6.45, 7) is 2.98. The lowest BCUT2D eigenvalue weighted by atomic mass is 10.1. The third-order valence-corrected chi connectivity index (χ3v) is 4.54. The Morgan fingerprint density at radius 3 is 2.42 bits per heavy atom. The molecule has 0 aliphatic rings. The van der Waals surface area contributed by atoms with E-state index in [0.717, 1.165) is 5.56 Å². The van der Waals surface area contributed by atoms with Gasteiger partial charge in [-0.1, -0.05) is 0 Å². The second-order valence-corrected chi connectivity index (χ2v) is 6.79. The van der Waals surface area contributed by atoms with Gasteiger partial charge >= 0.3 is 0 Å². The Balaban J connectivity index is 2.36. The first-order valence-corrected chi connectivity index (χ1v) is 8.95. The van der Waals surface area contributed by atoms with E-state index in [4.69, 9.17) is 9.47 Å². The summed E-state index contributed by atoms with van der Waals surface area (Å²) in [4.78, 5) is 6.17. The molecule has 0 amide bonds. The minimum Gasteiger partial charge on any atom is -0.383 e. The Bertz CT molecular complexity index is 771. The summed E-state index contributed by atoms with van der Waals surface area (Å²) in [5.41, 5.74) is 1.28. The number of pyridine rings is 1. The molecule has 1 aromatic carbocycles. The monoisotopic (exact) mass is 354 g/mol. The van der Waals surface area contributed by atoms with Crippen LogP contribution in [0.3, 0.4) is 0 Å². The number of hydrogen-bond donors (Lipinski definition) is 1. The van der Waals surface area contributed by atoms with Crippen molar-refractivity contribution >= 4 is 21.0 Å². The number of methoxy groups -OCH3 is 2. The van der Waals surface area contributed by atoms with Gasteiger partial charge in [-0.3, -0.25) is 14.4 Å². The van der Waals surface area contributed by atoms with Gasteiger partial charge in [0.2, 0.25) is 0 Å². The first-order valence-electron chi connectivity index (χ1n) is 7.51. The standard InChI is InChI=1S/C16H22N2O5S/c1-22-8-6-18(7-9-23-2)12-13-10-15-14(4-3-5-17-15)16(11-13)24(19,20)21/h3-5,10-11H,6-9,12H2,1-2H3,(H,19,20,21). The molecule has 2 aromatic rings. The lowest BCUT2D eigenvalue weighted by molar-refractivity contribution is 0.110. The SMILES string of the molecule is COCCN(CCOC)Cc1cc(S(=O)(=O)O)c2cccnc2c1. The molecule has 0 radical (unpaired) electrons. The number of ether oxygens (including phenoxy) is 2. The largest absolute Gasteiger partial charge is 0.383 e. The van der Waals surface area contributed by atoms with Gasteiger partial charge in [0.05, 0.1) is 18.7 Å². The Kier molecular flexibility index (Phi) is 6.64. The van der Waals surface area contributed by atoms with Gasteiger partial charge < -0.3 is 9.47 Å². The summed E-state index contributed by atoms with van der Waals surface area (Å²) in [7, 11) is -1.07. The molecular formula is C16H22N2O5S. The molecule has 0 saturated carbocycles. The van der Waals surface area contributed by atoms with Crippen LogP contribution in [-0.2, 0) is 26.1 Å². The van der Waals surface area contributed by atoms with E-state index in [0.29, 0.717) is 43.8 Å². The molecule has 0 unspecified atom stereocenters. The second kappa shape index (κ2) is 8.50. The van der Waals surface area contributed by atoms with Crippen LogP contribution in [0.4, 0.5) is 0 Å². The van der Waals surface area contributed by atoms with Crippen LogP contribution in [0.1, 0.15) is 5.56 Å². The fraction of sp³-hybridized carbons (Fsp3) is 0.438. The topological polar surface area (TPSA) is 89.0 Å². The Labute approximate surface area is 142 Å². The van der Waals surface area contributed by atoms with Crippen LogP contribution in [0.25, 0.3) is 10.9 Å². The lowest BCUT2D eigenvalue weighted by Gasteiger charge is -2.22. The molecule has 0 bridgehead atoms. The Morgan fingerprint density at radius 2 is 1.83 bits per heavy atom. The molecule has 0 aliphatic carbocycles. The van der Waals surface area contributed by atoms with Crippen LogP contribution in [0, 0.1) is 0 Å². The molecule has 132 valence electrons. The Hall–Kier alpha value is -1.58. The van der Waals surface area contributed by atoms with Crippen LogP contribution in [0.2, 0.25) is 0 Å². The molecule has 1 aromatic heterocycles. The average molecular weight is 354 g/mol. The molecule has 0 aliphatic heterocycles.